The van der Waals surface area contributed by atoms with Crippen LogP contribution in [-0.2, 0) is 0 Å². The molecule has 5 nitrogen and oxygen atoms in total. The van der Waals surface area contributed by atoms with Gasteiger partial charge in [-0.15, -0.1) is 0 Å². The number of carbonyl (C=O) groups is 1. The van der Waals surface area contributed by atoms with Crippen molar-refractivity contribution in [3.63, 3.8) is 0 Å². The fraction of sp³-hybridized carbons (Fsp3) is 0.214. The molecule has 0 saturated carbocycles. The minimum absolute atomic E-state index is 0.213. The van der Waals surface area contributed by atoms with Crippen LogP contribution in [0, 0.1) is 20.8 Å². The number of aryl methyl sites for hydroxylation is 3. The molecule has 98 valence electrons. The van der Waals surface area contributed by atoms with Gasteiger partial charge in [0.1, 0.15) is 11.4 Å². The molecule has 0 saturated heterocycles. The van der Waals surface area contributed by atoms with Crippen LogP contribution >= 0.6 is 0 Å². The number of aromatic carboxylic acids is 1. The Morgan fingerprint density at radius 2 is 1.74 bits per heavy atom. The highest BCUT2D eigenvalue weighted by molar-refractivity contribution is 5.88. The summed E-state index contributed by atoms with van der Waals surface area (Å²) >= 11 is 0. The van der Waals surface area contributed by atoms with Gasteiger partial charge in [-0.05, 0) is 32.9 Å². The van der Waals surface area contributed by atoms with Crippen LogP contribution in [0.5, 0.6) is 0 Å². The van der Waals surface area contributed by atoms with Crippen LogP contribution in [0.25, 0.3) is 11.4 Å². The maximum absolute atomic E-state index is 11.8. The van der Waals surface area contributed by atoms with E-state index in [4.69, 9.17) is 5.11 Å². The van der Waals surface area contributed by atoms with E-state index in [0.29, 0.717) is 5.82 Å². The zero-order chi connectivity index (χ0) is 14.2. The Labute approximate surface area is 110 Å². The largest absolute Gasteiger partial charge is 0.477 e. The quantitative estimate of drug-likeness (QED) is 0.863. The lowest BCUT2D eigenvalue weighted by molar-refractivity contribution is 0.0693. The summed E-state index contributed by atoms with van der Waals surface area (Å²) in [5.74, 6) is -0.877. The summed E-state index contributed by atoms with van der Waals surface area (Å²) in [6, 6.07) is 5.80. The molecule has 0 aliphatic heterocycles. The van der Waals surface area contributed by atoms with E-state index in [9.17, 15) is 9.59 Å². The second-order valence-corrected chi connectivity index (χ2v) is 4.56. The third kappa shape index (κ3) is 2.54. The maximum Gasteiger partial charge on any atom is 0.343 e. The number of carboxylic acid groups (broad SMARTS) is 1. The Balaban J connectivity index is 2.65. The van der Waals surface area contributed by atoms with Crippen LogP contribution in [0.1, 0.15) is 27.2 Å². The van der Waals surface area contributed by atoms with Gasteiger partial charge in [0, 0.05) is 5.56 Å². The van der Waals surface area contributed by atoms with Crippen LogP contribution in [0.3, 0.4) is 0 Å². The number of hydrogen-bond donors (Lipinski definition) is 2. The zero-order valence-corrected chi connectivity index (χ0v) is 10.9. The Hall–Kier alpha value is -2.43. The van der Waals surface area contributed by atoms with Gasteiger partial charge in [0.15, 0.2) is 0 Å². The number of aromatic nitrogens is 2. The first kappa shape index (κ1) is 13.0. The lowest BCUT2D eigenvalue weighted by Crippen LogP contribution is -2.21. The normalized spacial score (nSPS) is 10.5. The second kappa shape index (κ2) is 4.68. The van der Waals surface area contributed by atoms with Gasteiger partial charge in [-0.25, -0.2) is 9.78 Å². The highest BCUT2D eigenvalue weighted by Crippen LogP contribution is 2.18. The van der Waals surface area contributed by atoms with Gasteiger partial charge in [0.2, 0.25) is 0 Å². The average molecular weight is 258 g/mol. The highest BCUT2D eigenvalue weighted by Gasteiger charge is 2.15. The van der Waals surface area contributed by atoms with E-state index < -0.39 is 11.5 Å². The van der Waals surface area contributed by atoms with Crippen molar-refractivity contribution in [2.24, 2.45) is 0 Å². The summed E-state index contributed by atoms with van der Waals surface area (Å²) < 4.78 is 0. The van der Waals surface area contributed by atoms with Crippen molar-refractivity contribution in [2.45, 2.75) is 20.8 Å². The summed E-state index contributed by atoms with van der Waals surface area (Å²) in [5, 5.41) is 8.94. The fourth-order valence-corrected chi connectivity index (χ4v) is 2.09. The molecular weight excluding hydrogens is 244 g/mol. The summed E-state index contributed by atoms with van der Waals surface area (Å²) in [6.45, 7) is 5.42. The molecule has 19 heavy (non-hydrogen) atoms. The lowest BCUT2D eigenvalue weighted by Gasteiger charge is -2.06. The number of carboxylic acids is 1. The van der Waals surface area contributed by atoms with Crippen molar-refractivity contribution in [1.82, 2.24) is 9.97 Å². The molecule has 0 bridgehead atoms. The number of H-pyrrole nitrogens is 1. The van der Waals surface area contributed by atoms with E-state index in [1.54, 1.807) is 0 Å². The highest BCUT2D eigenvalue weighted by atomic mass is 16.4. The van der Waals surface area contributed by atoms with Crippen LogP contribution in [0.4, 0.5) is 0 Å². The van der Waals surface area contributed by atoms with Gasteiger partial charge in [0.25, 0.3) is 5.56 Å². The summed E-state index contributed by atoms with van der Waals surface area (Å²) in [5.41, 5.74) is 2.15. The van der Waals surface area contributed by atoms with Crippen molar-refractivity contribution in [2.75, 3.05) is 0 Å². The van der Waals surface area contributed by atoms with Gasteiger partial charge < -0.3 is 10.1 Å². The van der Waals surface area contributed by atoms with E-state index in [1.807, 2.05) is 32.0 Å². The van der Waals surface area contributed by atoms with Crippen LogP contribution < -0.4 is 5.56 Å². The van der Waals surface area contributed by atoms with E-state index in [2.05, 4.69) is 9.97 Å². The Morgan fingerprint density at radius 3 is 2.21 bits per heavy atom. The SMILES string of the molecule is Cc1cc(C)cc(-c2nc(C)c(C(=O)O)c(=O)[nH]2)c1. The van der Waals surface area contributed by atoms with Crippen molar-refractivity contribution in [1.29, 1.82) is 0 Å². The van der Waals surface area contributed by atoms with E-state index >= 15 is 0 Å². The average Bonchev–Trinajstić information content (AvgIpc) is 2.25. The minimum atomic E-state index is -1.27. The first-order valence-electron chi connectivity index (χ1n) is 5.81. The van der Waals surface area contributed by atoms with Crippen LogP contribution in [0.2, 0.25) is 0 Å². The molecule has 0 aliphatic carbocycles. The van der Waals surface area contributed by atoms with E-state index in [1.165, 1.54) is 6.92 Å². The summed E-state index contributed by atoms with van der Waals surface area (Å²) in [6.07, 6.45) is 0. The summed E-state index contributed by atoms with van der Waals surface area (Å²) in [4.78, 5) is 29.4. The van der Waals surface area contributed by atoms with Crippen molar-refractivity contribution in [3.8, 4) is 11.4 Å². The lowest BCUT2D eigenvalue weighted by atomic mass is 10.1. The Morgan fingerprint density at radius 1 is 1.16 bits per heavy atom. The van der Waals surface area contributed by atoms with Crippen molar-refractivity contribution < 1.29 is 9.90 Å². The van der Waals surface area contributed by atoms with Gasteiger partial charge in [-0.2, -0.15) is 0 Å². The van der Waals surface area contributed by atoms with Gasteiger partial charge in [-0.3, -0.25) is 4.79 Å². The number of nitrogens with one attached hydrogen (secondary N) is 1. The zero-order valence-electron chi connectivity index (χ0n) is 10.9. The molecule has 5 heteroatoms. The third-order valence-corrected chi connectivity index (χ3v) is 2.81. The van der Waals surface area contributed by atoms with Crippen LogP contribution in [-0.4, -0.2) is 21.0 Å². The molecule has 0 unspecified atom stereocenters. The first-order valence-corrected chi connectivity index (χ1v) is 5.81. The molecule has 2 N–H and O–H groups in total. The molecule has 0 radical (unpaired) electrons. The fourth-order valence-electron chi connectivity index (χ4n) is 2.09. The maximum atomic E-state index is 11.8. The molecule has 1 aromatic carbocycles. The molecule has 2 rings (SSSR count). The molecule has 0 spiro atoms. The third-order valence-electron chi connectivity index (χ3n) is 2.81. The predicted molar refractivity (Wildman–Crippen MR) is 71.5 cm³/mol. The molecule has 0 atom stereocenters. The number of nitrogens with zero attached hydrogens (tertiary/aromatic N) is 1. The monoisotopic (exact) mass is 258 g/mol. The molecule has 0 aliphatic rings. The molecule has 0 fully saturated rings. The van der Waals surface area contributed by atoms with Gasteiger partial charge >= 0.3 is 5.97 Å². The number of hydrogen-bond acceptors (Lipinski definition) is 3. The summed E-state index contributed by atoms with van der Waals surface area (Å²) in [7, 11) is 0. The Bertz CT molecular complexity index is 697. The predicted octanol–water partition coefficient (Wildman–Crippen LogP) is 2.06. The minimum Gasteiger partial charge on any atom is -0.477 e. The molecule has 2 aromatic rings. The Kier molecular flexibility index (Phi) is 3.21. The molecule has 1 aromatic heterocycles. The van der Waals surface area contributed by atoms with E-state index in [0.717, 1.165) is 16.7 Å². The second-order valence-electron chi connectivity index (χ2n) is 4.56. The van der Waals surface area contributed by atoms with Crippen molar-refractivity contribution in [3.05, 3.63) is 50.9 Å². The number of rotatable bonds is 2. The molecular formula is C14H14N2O3. The molecule has 0 amide bonds. The number of aromatic amines is 1. The molecule has 1 heterocycles. The van der Waals surface area contributed by atoms with Crippen LogP contribution in [0.15, 0.2) is 23.0 Å². The van der Waals surface area contributed by atoms with Crippen molar-refractivity contribution >= 4 is 5.97 Å². The first-order chi connectivity index (χ1) is 8.88. The number of benzene rings is 1. The smallest absolute Gasteiger partial charge is 0.343 e. The van der Waals surface area contributed by atoms with E-state index in [-0.39, 0.29) is 11.3 Å². The van der Waals surface area contributed by atoms with Gasteiger partial charge in [0.05, 0.1) is 5.69 Å². The standard InChI is InChI=1S/C14H14N2O3/c1-7-4-8(2)6-10(5-7)12-15-9(3)11(14(18)19)13(17)16-12/h4-6H,1-3H3,(H,18,19)(H,15,16,17). The van der Waals surface area contributed by atoms with Gasteiger partial charge in [-0.1, -0.05) is 17.2 Å². The topological polar surface area (TPSA) is 83.0 Å².